The van der Waals surface area contributed by atoms with E-state index >= 15 is 0 Å². The van der Waals surface area contributed by atoms with Crippen molar-refractivity contribution >= 4 is 286 Å². The van der Waals surface area contributed by atoms with Gasteiger partial charge in [-0.1, -0.05) is 216 Å². The molecule has 40 nitrogen and oxygen atoms in total. The molecule has 756 valence electrons. The Morgan fingerprint density at radius 1 is 0.261 bits per heavy atom. The number of nitrogens with zero attached hydrogens (tertiary/aromatic N) is 19. The Balaban J connectivity index is 0.000000181. The molecule has 16 rings (SSSR count). The van der Waals surface area contributed by atoms with Crippen molar-refractivity contribution in [2.75, 3.05) is 147 Å². The van der Waals surface area contributed by atoms with Crippen molar-refractivity contribution in [2.45, 2.75) is 92.0 Å². The van der Waals surface area contributed by atoms with Gasteiger partial charge in [-0.2, -0.15) is 39.9 Å². The van der Waals surface area contributed by atoms with E-state index in [9.17, 15) is 0 Å². The van der Waals surface area contributed by atoms with Crippen LogP contribution in [0.4, 0.5) is 112 Å². The molecule has 0 fully saturated rings. The van der Waals surface area contributed by atoms with Crippen molar-refractivity contribution in [3.63, 3.8) is 0 Å². The van der Waals surface area contributed by atoms with Crippen molar-refractivity contribution in [2.24, 2.45) is 0 Å². The lowest BCUT2D eigenvalue weighted by Gasteiger charge is -2.05. The molecule has 0 saturated heterocycles. The molecule has 0 saturated carbocycles. The fourth-order valence-electron chi connectivity index (χ4n) is 11.1. The Kier molecular flexibility index (Phi) is 46.4. The Labute approximate surface area is 893 Å². The van der Waals surface area contributed by atoms with Gasteiger partial charge < -0.3 is 84.7 Å². The van der Waals surface area contributed by atoms with Gasteiger partial charge in [0.2, 0.25) is 95.2 Å². The van der Waals surface area contributed by atoms with E-state index in [1.54, 1.807) is 65.6 Å². The van der Waals surface area contributed by atoms with E-state index in [0.717, 1.165) is 77.2 Å². The Morgan fingerprint density at radius 2 is 0.563 bits per heavy atom. The molecule has 55 heteroatoms. The van der Waals surface area contributed by atoms with Gasteiger partial charge in [0, 0.05) is 105 Å². The van der Waals surface area contributed by atoms with E-state index in [-0.39, 0.29) is 12.0 Å². The number of rotatable bonds is 33. The van der Waals surface area contributed by atoms with Crippen molar-refractivity contribution in [3.05, 3.63) is 255 Å². The molecule has 0 aliphatic heterocycles. The zero-order valence-corrected chi connectivity index (χ0v) is 89.5. The van der Waals surface area contributed by atoms with E-state index in [0.29, 0.717) is 196 Å². The van der Waals surface area contributed by atoms with Crippen molar-refractivity contribution < 1.29 is 0 Å². The first kappa shape index (κ1) is 114. The van der Waals surface area contributed by atoms with E-state index in [1.807, 2.05) is 185 Å². The zero-order chi connectivity index (χ0) is 103. The molecule has 0 amide bonds. The zero-order valence-electron chi connectivity index (χ0n) is 78.1. The average Bonchev–Trinajstić information content (AvgIpc) is 1.72. The van der Waals surface area contributed by atoms with E-state index in [1.165, 1.54) is 0 Å². The van der Waals surface area contributed by atoms with Crippen LogP contribution in [-0.4, -0.2) is 201 Å². The molecule has 142 heavy (non-hydrogen) atoms. The number of anilines is 19. The fourth-order valence-corrected chi connectivity index (χ4v) is 13.5. The van der Waals surface area contributed by atoms with Gasteiger partial charge >= 0.3 is 0 Å². The van der Waals surface area contributed by atoms with Crippen LogP contribution in [0.15, 0.2) is 152 Å². The van der Waals surface area contributed by atoms with Crippen LogP contribution in [-0.2, 0) is 32.4 Å². The van der Waals surface area contributed by atoms with Crippen molar-refractivity contribution in [1.82, 2.24) is 121 Å². The van der Waals surface area contributed by atoms with Gasteiger partial charge in [0.25, 0.3) is 0 Å². The summed E-state index contributed by atoms with van der Waals surface area (Å²) in [4.78, 5) is 38.8. The summed E-state index contributed by atoms with van der Waals surface area (Å²) in [6.45, 7) is 15.5. The van der Waals surface area contributed by atoms with E-state index < -0.39 is 0 Å². The lowest BCUT2D eigenvalue weighted by Crippen LogP contribution is -2.11. The van der Waals surface area contributed by atoms with Gasteiger partial charge in [-0.3, -0.25) is 0 Å². The molecule has 23 N–H and O–H groups in total. The van der Waals surface area contributed by atoms with Crippen LogP contribution < -0.4 is 84.7 Å². The minimum Gasteiger partial charge on any atom is -0.368 e. The molecule has 0 atom stereocenters. The van der Waals surface area contributed by atoms with E-state index in [2.05, 4.69) is 180 Å². The van der Waals surface area contributed by atoms with Crippen LogP contribution in [0.3, 0.4) is 0 Å². The summed E-state index contributed by atoms with van der Waals surface area (Å²) < 4.78 is 0. The summed E-state index contributed by atoms with van der Waals surface area (Å²) in [5.74, 6) is 8.66. The topological polar surface area (TPSA) is 527 Å². The maximum atomic E-state index is 5.97. The number of halogens is 15. The molecule has 0 aliphatic carbocycles. The second-order valence-corrected chi connectivity index (χ2v) is 37.3. The number of hydrogen-bond acceptors (Lipinski definition) is 32. The molecule has 16 aromatic rings. The predicted molar refractivity (Wildman–Crippen MR) is 587 cm³/mol. The Morgan fingerprint density at radius 3 is 0.944 bits per heavy atom. The van der Waals surface area contributed by atoms with Crippen LogP contribution in [0.1, 0.15) is 69.4 Å². The maximum absolute atomic E-state index is 5.97. The first-order valence-corrected chi connectivity index (χ1v) is 48.5. The van der Waals surface area contributed by atoms with Gasteiger partial charge in [0.15, 0.2) is 0 Å². The number of para-hydroxylation sites is 1. The number of aromatic amines is 8. The number of hydrogen-bond donors (Lipinski definition) is 21. The number of aromatic nitrogens is 24. The third-order valence-electron chi connectivity index (χ3n) is 17.8. The van der Waals surface area contributed by atoms with Gasteiger partial charge in [0.05, 0.1) is 81.0 Å². The second-order valence-electron chi connectivity index (χ2n) is 31.2. The number of nitrogens with one attached hydrogen (secondary N) is 19. The summed E-state index contributed by atoms with van der Waals surface area (Å²) in [5.41, 5.74) is 18.4. The molecular weight excluding hydrogens is 2140 g/mol. The van der Waals surface area contributed by atoms with Crippen LogP contribution >= 0.6 is 174 Å². The molecule has 0 spiro atoms. The molecule has 8 aromatic heterocycles. The first-order chi connectivity index (χ1) is 67.7. The highest BCUT2D eigenvalue weighted by Gasteiger charge is 2.15. The molecule has 0 aliphatic rings. The smallest absolute Gasteiger partial charge is 0.248 e. The minimum atomic E-state index is 0.263. The summed E-state index contributed by atoms with van der Waals surface area (Å²) >= 11 is 88.4. The van der Waals surface area contributed by atoms with Crippen LogP contribution in [0.25, 0.3) is 0 Å². The van der Waals surface area contributed by atoms with Gasteiger partial charge in [-0.15, -0.1) is 40.8 Å². The summed E-state index contributed by atoms with van der Waals surface area (Å²) in [6.07, 6.45) is 2.44. The molecule has 0 unspecified atom stereocenters. The Hall–Kier alpha value is -12.0. The SMILES string of the molecule is CC(C)Nc1n[nH]c(Nc2ccc(Cl)c(Cl)c2)n1.CC(C)Nc1nc(NCCc2ccc(Cl)c(Cl)c2)n[nH]1.CC(C)Nc1nc(NCc2ccc(Cl)c(Cl)c2)n[nH]1.CN(C)c1n[nH]c(NCCc2ccc(Cl)c(Cl)c2)n1.CN(C)c1n[nH]c(NCc2ccc(Cl)c(Cl)c2)n1.CN(C)c1n[nH]c(Nc2ccc(Cl)c(Cl)c2)n1.Nc1nc(NCCc2ccc(Cl)c(Cl)c2)n[nH]1.Nc1nc(Nc2ccccc2Cl)n[nH]1. The van der Waals surface area contributed by atoms with Crippen molar-refractivity contribution in [1.29, 1.82) is 0 Å². The molecule has 8 aromatic carbocycles. The highest BCUT2D eigenvalue weighted by atomic mass is 35.5. The number of H-pyrrole nitrogens is 8. The maximum Gasteiger partial charge on any atom is 0.248 e. The standard InChI is InChI=1S/C13H17Cl2N5.2C12H15Cl2N5.2C11H13Cl2N5.2C10H11Cl2N5.C8H8ClN5/c1-8(2)17-13-18-12(19-20-13)16-6-5-9-3-4-10(14)11(15)7-9;1-7(2)16-12-17-11(18-19-12)15-6-8-3-4-9(13)10(14)5-8;1-19(2)12-16-11(17-18-12)15-6-5-8-3-4-9(13)10(14)7-8;1-18(2)11-15-10(16-17-11)14-6-7-3-4-8(12)9(13)5-7;1-6(2)14-10-16-11(18-17-10)15-7-3-4-8(12)9(13)5-7;1-17(2)10-14-9(15-16-10)13-6-3-4-7(11)8(12)5-6;11-7-2-1-6(5-8(7)12)3-4-14-10-15-9(13)16-17-10;9-5-3-1-2-4-6(5)11-8-12-7(10)13-14-8/h3-4,7-8H,5-6H2,1-2H3,(H3,16,17,18,19,20);3-5,7H,6H2,1-2H3,(H3,15,16,17,18,19);3-4,7H,5-6H2,1-2H3,(H2,15,16,17,18);3-5H,6H2,1-2H3,(H2,14,15,16,17);3-6H,1-2H3,(H3,14,15,16,17,18);3-5H,1-2H3,(H2,13,14,15,16);1-2,5H,3-4H2,(H4,13,14,15,16,17);1-4H,(H4,10,11,12,13,14). The largest absolute Gasteiger partial charge is 0.368 e. The normalized spacial score (nSPS) is 10.5. The van der Waals surface area contributed by atoms with Gasteiger partial charge in [-0.05, 0) is 198 Å². The lowest BCUT2D eigenvalue weighted by atomic mass is 10.1. The molecule has 0 radical (unpaired) electrons. The third kappa shape index (κ3) is 40.4. The molecular formula is C87H103Cl15N40. The average molecular weight is 2240 g/mol. The molecule has 0 bridgehead atoms. The van der Waals surface area contributed by atoms with Gasteiger partial charge in [0.1, 0.15) is 0 Å². The van der Waals surface area contributed by atoms with Gasteiger partial charge in [-0.25, -0.2) is 40.8 Å². The summed E-state index contributed by atoms with van der Waals surface area (Å²) in [5, 5.41) is 96.1. The quantitative estimate of drug-likeness (QED) is 0.0182. The number of benzene rings is 8. The number of nitrogens with two attached hydrogens (primary N) is 2. The highest BCUT2D eigenvalue weighted by Crippen LogP contribution is 2.32. The second kappa shape index (κ2) is 58.0. The fraction of sp³-hybridized carbons (Fsp3) is 0.264. The third-order valence-corrected chi connectivity index (χ3v) is 23.3. The molecule has 8 heterocycles. The predicted octanol–water partition coefficient (Wildman–Crippen LogP) is 23.5. The summed E-state index contributed by atoms with van der Waals surface area (Å²) in [7, 11) is 11.3. The van der Waals surface area contributed by atoms with Crippen LogP contribution in [0, 0.1) is 0 Å². The van der Waals surface area contributed by atoms with Crippen LogP contribution in [0.2, 0.25) is 75.3 Å². The van der Waals surface area contributed by atoms with E-state index in [4.69, 9.17) is 185 Å². The van der Waals surface area contributed by atoms with Crippen LogP contribution in [0.5, 0.6) is 0 Å². The minimum absolute atomic E-state index is 0.263. The first-order valence-electron chi connectivity index (χ1n) is 42.8. The van der Waals surface area contributed by atoms with Crippen molar-refractivity contribution in [3.8, 4) is 0 Å². The lowest BCUT2D eigenvalue weighted by molar-refractivity contribution is 0.876. The monoisotopic (exact) mass is 2230 g/mol. The highest BCUT2D eigenvalue weighted by molar-refractivity contribution is 6.45. The number of nitrogen functional groups attached to an aromatic ring is 2. The summed E-state index contributed by atoms with van der Waals surface area (Å²) in [6, 6.07) is 46.5. The Bertz CT molecular complexity index is 6530.